The Morgan fingerprint density at radius 1 is 1.10 bits per heavy atom. The van der Waals surface area contributed by atoms with Gasteiger partial charge in [-0.15, -0.1) is 0 Å². The maximum Gasteiger partial charge on any atom is 0.00953 e. The lowest BCUT2D eigenvalue weighted by Gasteiger charge is -2.48. The van der Waals surface area contributed by atoms with Gasteiger partial charge in [-0.3, -0.25) is 0 Å². The summed E-state index contributed by atoms with van der Waals surface area (Å²) in [5.41, 5.74) is 0. The van der Waals surface area contributed by atoms with E-state index in [1.165, 1.54) is 25.7 Å². The molecule has 3 rings (SSSR count). The van der Waals surface area contributed by atoms with Crippen LogP contribution in [-0.2, 0) is 0 Å². The molecule has 0 aromatic rings. The van der Waals surface area contributed by atoms with Crippen LogP contribution in [0.25, 0.3) is 0 Å². The third-order valence-electron chi connectivity index (χ3n) is 3.64. The largest absolute Gasteiger partial charge is 0.300 e. The van der Waals surface area contributed by atoms with Crippen molar-refractivity contribution in [3.05, 3.63) is 0 Å². The number of hydrogen-bond donors (Lipinski definition) is 0. The standard InChI is InChI=1S/C9H17N/c1-7-8-3-5-9(6-4-8)10(7)2/h7-9H,3-6H2,1-2H3/t7-,8-,9+/m1/s1. The lowest BCUT2D eigenvalue weighted by molar-refractivity contribution is 0.0184. The molecular formula is C9H17N. The van der Waals surface area contributed by atoms with Gasteiger partial charge in [0.05, 0.1) is 0 Å². The summed E-state index contributed by atoms with van der Waals surface area (Å²) in [7, 11) is 2.29. The zero-order valence-electron chi connectivity index (χ0n) is 7.01. The van der Waals surface area contributed by atoms with Gasteiger partial charge >= 0.3 is 0 Å². The molecule has 3 fully saturated rings. The number of nitrogens with zero attached hydrogens (tertiary/aromatic N) is 1. The van der Waals surface area contributed by atoms with Gasteiger partial charge in [0.15, 0.2) is 0 Å². The number of hydrogen-bond acceptors (Lipinski definition) is 1. The highest BCUT2D eigenvalue weighted by Crippen LogP contribution is 2.37. The van der Waals surface area contributed by atoms with E-state index in [1.54, 1.807) is 0 Å². The summed E-state index contributed by atoms with van der Waals surface area (Å²) >= 11 is 0. The van der Waals surface area contributed by atoms with Crippen molar-refractivity contribution in [2.24, 2.45) is 5.92 Å². The summed E-state index contributed by atoms with van der Waals surface area (Å²) in [6.45, 7) is 2.38. The van der Waals surface area contributed by atoms with Crippen molar-refractivity contribution in [1.29, 1.82) is 0 Å². The molecule has 0 spiro atoms. The van der Waals surface area contributed by atoms with E-state index in [9.17, 15) is 0 Å². The fourth-order valence-corrected chi connectivity index (χ4v) is 2.66. The number of fused-ring (bicyclic) bond motifs is 3. The van der Waals surface area contributed by atoms with E-state index < -0.39 is 0 Å². The van der Waals surface area contributed by atoms with Crippen LogP contribution in [0.3, 0.4) is 0 Å². The van der Waals surface area contributed by atoms with Crippen molar-refractivity contribution in [3.8, 4) is 0 Å². The molecule has 0 radical (unpaired) electrons. The van der Waals surface area contributed by atoms with Crippen molar-refractivity contribution in [2.75, 3.05) is 7.05 Å². The van der Waals surface area contributed by atoms with Crippen molar-refractivity contribution in [3.63, 3.8) is 0 Å². The molecule has 2 aliphatic heterocycles. The monoisotopic (exact) mass is 139 g/mol. The lowest BCUT2D eigenvalue weighted by atomic mass is 9.76. The first-order valence-corrected chi connectivity index (χ1v) is 4.51. The van der Waals surface area contributed by atoms with Crippen LogP contribution in [0, 0.1) is 5.92 Å². The summed E-state index contributed by atoms with van der Waals surface area (Å²) in [5, 5.41) is 0. The second-order valence-electron chi connectivity index (χ2n) is 3.97. The van der Waals surface area contributed by atoms with E-state index in [2.05, 4.69) is 18.9 Å². The average Bonchev–Trinajstić information content (AvgIpc) is 2.00. The third kappa shape index (κ3) is 0.800. The Hall–Kier alpha value is -0.0400. The van der Waals surface area contributed by atoms with Crippen molar-refractivity contribution < 1.29 is 0 Å². The highest BCUT2D eigenvalue weighted by atomic mass is 15.2. The smallest absolute Gasteiger partial charge is 0.00953 e. The van der Waals surface area contributed by atoms with Gasteiger partial charge in [-0.05, 0) is 45.6 Å². The third-order valence-corrected chi connectivity index (χ3v) is 3.64. The summed E-state index contributed by atoms with van der Waals surface area (Å²) in [6, 6.07) is 1.80. The van der Waals surface area contributed by atoms with E-state index in [0.717, 1.165) is 18.0 Å². The van der Waals surface area contributed by atoms with E-state index in [0.29, 0.717) is 0 Å². The van der Waals surface area contributed by atoms with Crippen LogP contribution in [0.1, 0.15) is 32.6 Å². The molecule has 0 amide bonds. The van der Waals surface area contributed by atoms with Gasteiger partial charge in [-0.25, -0.2) is 0 Å². The molecule has 0 unspecified atom stereocenters. The molecule has 1 heteroatoms. The predicted molar refractivity (Wildman–Crippen MR) is 43.0 cm³/mol. The molecular weight excluding hydrogens is 122 g/mol. The van der Waals surface area contributed by atoms with E-state index in [1.807, 2.05) is 0 Å². The topological polar surface area (TPSA) is 3.24 Å². The van der Waals surface area contributed by atoms with Gasteiger partial charge in [-0.1, -0.05) is 0 Å². The highest BCUT2D eigenvalue weighted by molar-refractivity contribution is 4.91. The lowest BCUT2D eigenvalue weighted by Crippen LogP contribution is -2.51. The molecule has 1 saturated carbocycles. The minimum Gasteiger partial charge on any atom is -0.300 e. The Balaban J connectivity index is 2.13. The average molecular weight is 139 g/mol. The molecule has 3 aliphatic rings. The summed E-state index contributed by atoms with van der Waals surface area (Å²) in [4.78, 5) is 2.58. The molecule has 2 bridgehead atoms. The van der Waals surface area contributed by atoms with Gasteiger partial charge in [0.2, 0.25) is 0 Å². The maximum atomic E-state index is 2.58. The van der Waals surface area contributed by atoms with E-state index in [4.69, 9.17) is 0 Å². The maximum absolute atomic E-state index is 2.58. The normalized spacial score (nSPS) is 48.0. The van der Waals surface area contributed by atoms with Gasteiger partial charge in [0.1, 0.15) is 0 Å². The van der Waals surface area contributed by atoms with Crippen LogP contribution in [0.15, 0.2) is 0 Å². The Bertz CT molecular complexity index is 105. The van der Waals surface area contributed by atoms with Crippen molar-refractivity contribution >= 4 is 0 Å². The minimum absolute atomic E-state index is 0.868. The second-order valence-corrected chi connectivity index (χ2v) is 3.97. The van der Waals surface area contributed by atoms with Crippen LogP contribution in [0.4, 0.5) is 0 Å². The van der Waals surface area contributed by atoms with Crippen molar-refractivity contribution in [1.82, 2.24) is 4.90 Å². The predicted octanol–water partition coefficient (Wildman–Crippen LogP) is 1.88. The fraction of sp³-hybridized carbons (Fsp3) is 1.00. The molecule has 0 aromatic heterocycles. The molecule has 2 saturated heterocycles. The SMILES string of the molecule is C[C@@H]1[C@H]2CC[C@H](CC2)N1C. The molecule has 10 heavy (non-hydrogen) atoms. The summed E-state index contributed by atoms with van der Waals surface area (Å²) < 4.78 is 0. The van der Waals surface area contributed by atoms with Crippen LogP contribution >= 0.6 is 0 Å². The van der Waals surface area contributed by atoms with Gasteiger partial charge in [-0.2, -0.15) is 0 Å². The molecule has 0 N–H and O–H groups in total. The quantitative estimate of drug-likeness (QED) is 0.495. The number of piperidine rings is 2. The zero-order chi connectivity index (χ0) is 7.14. The van der Waals surface area contributed by atoms with Crippen LogP contribution in [-0.4, -0.2) is 24.0 Å². The van der Waals surface area contributed by atoms with Gasteiger partial charge in [0, 0.05) is 12.1 Å². The van der Waals surface area contributed by atoms with Gasteiger partial charge in [0.25, 0.3) is 0 Å². The highest BCUT2D eigenvalue weighted by Gasteiger charge is 2.36. The fourth-order valence-electron chi connectivity index (χ4n) is 2.66. The Kier molecular flexibility index (Phi) is 1.48. The number of rotatable bonds is 0. The second kappa shape index (κ2) is 2.23. The van der Waals surface area contributed by atoms with Crippen molar-refractivity contribution in [2.45, 2.75) is 44.7 Å². The Morgan fingerprint density at radius 2 is 1.70 bits per heavy atom. The first-order chi connectivity index (χ1) is 4.79. The summed E-state index contributed by atoms with van der Waals surface area (Å²) in [5.74, 6) is 1.02. The molecule has 1 nitrogen and oxygen atoms in total. The van der Waals surface area contributed by atoms with Crippen LogP contribution in [0.2, 0.25) is 0 Å². The van der Waals surface area contributed by atoms with E-state index in [-0.39, 0.29) is 0 Å². The molecule has 58 valence electrons. The Labute approximate surface area is 63.4 Å². The molecule has 2 heterocycles. The first kappa shape index (κ1) is 6.66. The Morgan fingerprint density at radius 3 is 2.00 bits per heavy atom. The molecule has 1 aliphatic carbocycles. The van der Waals surface area contributed by atoms with Crippen LogP contribution in [0.5, 0.6) is 0 Å². The van der Waals surface area contributed by atoms with Crippen LogP contribution < -0.4 is 0 Å². The minimum atomic E-state index is 0.868. The van der Waals surface area contributed by atoms with E-state index >= 15 is 0 Å². The molecule has 0 aromatic carbocycles. The zero-order valence-corrected chi connectivity index (χ0v) is 7.01. The molecule has 1 atom stereocenters. The van der Waals surface area contributed by atoms with Gasteiger partial charge < -0.3 is 4.90 Å². The first-order valence-electron chi connectivity index (χ1n) is 4.51. The summed E-state index contributed by atoms with van der Waals surface area (Å²) in [6.07, 6.45) is 5.92.